The summed E-state index contributed by atoms with van der Waals surface area (Å²) >= 11 is 0. The molecule has 0 aliphatic carbocycles. The van der Waals surface area contributed by atoms with Gasteiger partial charge in [0.15, 0.2) is 11.5 Å². The molecule has 4 rings (SSSR count). The number of carbonyl (C=O) groups is 2. The minimum Gasteiger partial charge on any atom is -0.493 e. The zero-order valence-electron chi connectivity index (χ0n) is 19.3. The molecule has 2 atom stereocenters. The maximum atomic E-state index is 13.0. The average molecular weight is 446 g/mol. The number of methoxy groups -OCH3 is 2. The second-order valence-corrected chi connectivity index (χ2v) is 8.94. The van der Waals surface area contributed by atoms with Crippen LogP contribution in [0.15, 0.2) is 18.2 Å². The van der Waals surface area contributed by atoms with E-state index in [9.17, 15) is 9.59 Å². The topological polar surface area (TPSA) is 71.5 Å². The number of hydrogen-bond donors (Lipinski definition) is 0. The van der Waals surface area contributed by atoms with Crippen LogP contribution in [-0.2, 0) is 20.7 Å². The number of rotatable bonds is 8. The number of amides is 2. The molecule has 3 aliphatic rings. The molecule has 0 saturated carbocycles. The monoisotopic (exact) mass is 445 g/mol. The molecule has 0 aromatic heterocycles. The normalized spacial score (nSPS) is 24.2. The maximum Gasteiger partial charge on any atom is 0.228 e. The van der Waals surface area contributed by atoms with Crippen LogP contribution in [0.2, 0.25) is 0 Å². The molecule has 8 nitrogen and oxygen atoms in total. The van der Waals surface area contributed by atoms with Crippen molar-refractivity contribution in [2.75, 3.05) is 66.6 Å². The van der Waals surface area contributed by atoms with Crippen molar-refractivity contribution >= 4 is 11.8 Å². The summed E-state index contributed by atoms with van der Waals surface area (Å²) in [6.45, 7) is 6.21. The molecular weight excluding hydrogens is 410 g/mol. The molecule has 3 fully saturated rings. The summed E-state index contributed by atoms with van der Waals surface area (Å²) in [5, 5.41) is 0. The molecule has 1 aromatic rings. The third kappa shape index (κ3) is 5.35. The first-order valence-corrected chi connectivity index (χ1v) is 11.7. The van der Waals surface area contributed by atoms with Gasteiger partial charge in [-0.1, -0.05) is 6.07 Å². The van der Waals surface area contributed by atoms with Crippen molar-refractivity contribution in [1.82, 2.24) is 14.7 Å². The smallest absolute Gasteiger partial charge is 0.228 e. The molecule has 3 aliphatic heterocycles. The molecule has 0 bridgehead atoms. The highest BCUT2D eigenvalue weighted by Gasteiger charge is 2.37. The van der Waals surface area contributed by atoms with Crippen molar-refractivity contribution < 1.29 is 23.8 Å². The van der Waals surface area contributed by atoms with Gasteiger partial charge in [0.1, 0.15) is 0 Å². The zero-order chi connectivity index (χ0) is 22.5. The Hall–Kier alpha value is -2.32. The van der Waals surface area contributed by atoms with Crippen LogP contribution in [0.5, 0.6) is 11.5 Å². The Morgan fingerprint density at radius 3 is 2.59 bits per heavy atom. The van der Waals surface area contributed by atoms with E-state index in [1.807, 2.05) is 28.0 Å². The maximum absolute atomic E-state index is 13.0. The summed E-state index contributed by atoms with van der Waals surface area (Å²) in [6.07, 6.45) is 3.68. The van der Waals surface area contributed by atoms with Crippen LogP contribution in [0.4, 0.5) is 0 Å². The number of likely N-dealkylation sites (tertiary alicyclic amines) is 1. The molecule has 3 saturated heterocycles. The molecule has 32 heavy (non-hydrogen) atoms. The van der Waals surface area contributed by atoms with Crippen LogP contribution in [0, 0.1) is 5.92 Å². The standard InChI is InChI=1S/C24H35N3O5/c1-30-21-6-5-18(14-22(21)31-2)7-8-27-16-19(15-23(27)28)24(29)26-11-9-25(10-12-26)17-20-4-3-13-32-20/h5-6,14,19-20H,3-4,7-13,15-17H2,1-2H3. The molecular formula is C24H35N3O5. The Labute approximate surface area is 190 Å². The second kappa shape index (κ2) is 10.5. The molecule has 2 amide bonds. The number of hydrogen-bond acceptors (Lipinski definition) is 6. The highest BCUT2D eigenvalue weighted by Crippen LogP contribution is 2.28. The van der Waals surface area contributed by atoms with Crippen LogP contribution < -0.4 is 9.47 Å². The number of nitrogens with zero attached hydrogens (tertiary/aromatic N) is 3. The van der Waals surface area contributed by atoms with Crippen LogP contribution in [0.3, 0.4) is 0 Å². The number of carbonyl (C=O) groups excluding carboxylic acids is 2. The highest BCUT2D eigenvalue weighted by atomic mass is 16.5. The third-order valence-corrected chi connectivity index (χ3v) is 6.85. The van der Waals surface area contributed by atoms with Gasteiger partial charge >= 0.3 is 0 Å². The fraction of sp³-hybridized carbons (Fsp3) is 0.667. The van der Waals surface area contributed by atoms with E-state index >= 15 is 0 Å². The summed E-state index contributed by atoms with van der Waals surface area (Å²) in [7, 11) is 3.23. The summed E-state index contributed by atoms with van der Waals surface area (Å²) in [5.74, 6) is 1.35. The summed E-state index contributed by atoms with van der Waals surface area (Å²) in [5.41, 5.74) is 1.08. The molecule has 0 radical (unpaired) electrons. The van der Waals surface area contributed by atoms with Gasteiger partial charge in [0, 0.05) is 58.8 Å². The molecule has 176 valence electrons. The van der Waals surface area contributed by atoms with E-state index in [1.54, 1.807) is 14.2 Å². The van der Waals surface area contributed by atoms with Crippen molar-refractivity contribution in [3.05, 3.63) is 23.8 Å². The van der Waals surface area contributed by atoms with Gasteiger partial charge in [-0.15, -0.1) is 0 Å². The lowest BCUT2D eigenvalue weighted by Gasteiger charge is -2.36. The van der Waals surface area contributed by atoms with Crippen LogP contribution >= 0.6 is 0 Å². The predicted octanol–water partition coefficient (Wildman–Crippen LogP) is 1.42. The molecule has 0 N–H and O–H groups in total. The van der Waals surface area contributed by atoms with E-state index in [1.165, 1.54) is 0 Å². The van der Waals surface area contributed by atoms with E-state index in [4.69, 9.17) is 14.2 Å². The molecule has 1 aromatic carbocycles. The second-order valence-electron chi connectivity index (χ2n) is 8.94. The van der Waals surface area contributed by atoms with Gasteiger partial charge in [-0.05, 0) is 37.0 Å². The third-order valence-electron chi connectivity index (χ3n) is 6.85. The van der Waals surface area contributed by atoms with Gasteiger partial charge < -0.3 is 24.0 Å². The number of ether oxygens (including phenoxy) is 3. The minimum absolute atomic E-state index is 0.0702. The minimum atomic E-state index is -0.224. The SMILES string of the molecule is COc1ccc(CCN2CC(C(=O)N3CCN(CC4CCCO4)CC3)CC2=O)cc1OC. The Kier molecular flexibility index (Phi) is 7.52. The molecule has 0 spiro atoms. The summed E-state index contributed by atoms with van der Waals surface area (Å²) in [6, 6.07) is 5.81. The quantitative estimate of drug-likeness (QED) is 0.603. The fourth-order valence-electron chi connectivity index (χ4n) is 4.94. The van der Waals surface area contributed by atoms with Gasteiger partial charge in [-0.2, -0.15) is 0 Å². The number of piperazine rings is 1. The summed E-state index contributed by atoms with van der Waals surface area (Å²) in [4.78, 5) is 31.8. The average Bonchev–Trinajstić information content (AvgIpc) is 3.47. The zero-order valence-corrected chi connectivity index (χ0v) is 19.3. The lowest BCUT2D eigenvalue weighted by Crippen LogP contribution is -2.52. The van der Waals surface area contributed by atoms with E-state index < -0.39 is 0 Å². The first-order valence-electron chi connectivity index (χ1n) is 11.7. The predicted molar refractivity (Wildman–Crippen MR) is 120 cm³/mol. The Morgan fingerprint density at radius 1 is 1.12 bits per heavy atom. The van der Waals surface area contributed by atoms with E-state index in [-0.39, 0.29) is 17.7 Å². The van der Waals surface area contributed by atoms with Crippen molar-refractivity contribution in [1.29, 1.82) is 0 Å². The molecule has 8 heteroatoms. The Morgan fingerprint density at radius 2 is 1.91 bits per heavy atom. The van der Waals surface area contributed by atoms with E-state index in [0.29, 0.717) is 37.1 Å². The first kappa shape index (κ1) is 22.9. The van der Waals surface area contributed by atoms with Gasteiger partial charge in [-0.25, -0.2) is 0 Å². The molecule has 2 unspecified atom stereocenters. The fourth-order valence-corrected chi connectivity index (χ4v) is 4.94. The lowest BCUT2D eigenvalue weighted by molar-refractivity contribution is -0.137. The van der Waals surface area contributed by atoms with Gasteiger partial charge in [0.25, 0.3) is 0 Å². The lowest BCUT2D eigenvalue weighted by atomic mass is 10.1. The highest BCUT2D eigenvalue weighted by molar-refractivity contribution is 5.89. The van der Waals surface area contributed by atoms with Crippen molar-refractivity contribution in [2.45, 2.75) is 31.8 Å². The van der Waals surface area contributed by atoms with Crippen molar-refractivity contribution in [3.63, 3.8) is 0 Å². The van der Waals surface area contributed by atoms with Crippen molar-refractivity contribution in [2.24, 2.45) is 5.92 Å². The van der Waals surface area contributed by atoms with Gasteiger partial charge in [-0.3, -0.25) is 14.5 Å². The Bertz CT molecular complexity index is 803. The van der Waals surface area contributed by atoms with E-state index in [2.05, 4.69) is 4.90 Å². The van der Waals surface area contributed by atoms with E-state index in [0.717, 1.165) is 64.2 Å². The van der Waals surface area contributed by atoms with Gasteiger partial charge in [0.2, 0.25) is 11.8 Å². The van der Waals surface area contributed by atoms with Gasteiger partial charge in [0.05, 0.1) is 26.2 Å². The van der Waals surface area contributed by atoms with Crippen LogP contribution in [0.1, 0.15) is 24.8 Å². The van der Waals surface area contributed by atoms with Crippen LogP contribution in [0.25, 0.3) is 0 Å². The molecule has 3 heterocycles. The largest absolute Gasteiger partial charge is 0.493 e. The van der Waals surface area contributed by atoms with Crippen molar-refractivity contribution in [3.8, 4) is 11.5 Å². The summed E-state index contributed by atoms with van der Waals surface area (Å²) < 4.78 is 16.4. The first-order chi connectivity index (χ1) is 15.6. The van der Waals surface area contributed by atoms with Crippen LogP contribution in [-0.4, -0.2) is 99.3 Å². The number of benzene rings is 1. The Balaban J connectivity index is 1.24.